The molecule has 2 heterocycles. The summed E-state index contributed by atoms with van der Waals surface area (Å²) in [5, 5.41) is 6.15. The number of aryl methyl sites for hydroxylation is 1. The number of aromatic nitrogens is 2. The number of hydrogen-bond donors (Lipinski definition) is 0. The van der Waals surface area contributed by atoms with Crippen molar-refractivity contribution in [3.05, 3.63) is 75.4 Å². The first-order valence-electron chi connectivity index (χ1n) is 8.96. The molecule has 0 unspecified atom stereocenters. The second kappa shape index (κ2) is 7.55. The molecule has 0 aliphatic carbocycles. The topological polar surface area (TPSA) is 36.3 Å². The molecule has 0 saturated carbocycles. The lowest BCUT2D eigenvalue weighted by Crippen LogP contribution is -2.29. The molecule has 0 saturated heterocycles. The average Bonchev–Trinajstić information content (AvgIpc) is 2.99. The summed E-state index contributed by atoms with van der Waals surface area (Å²) < 4.78 is 13.9. The summed E-state index contributed by atoms with van der Waals surface area (Å²) in [5.41, 5.74) is 4.10. The Bertz CT molecular complexity index is 936. The summed E-state index contributed by atoms with van der Waals surface area (Å²) in [5.74, 6) is 0.850. The molecule has 2 atom stereocenters. The predicted octanol–water partition coefficient (Wildman–Crippen LogP) is 5.76. The van der Waals surface area contributed by atoms with Crippen molar-refractivity contribution in [3.8, 4) is 11.6 Å². The van der Waals surface area contributed by atoms with Gasteiger partial charge in [0.1, 0.15) is 0 Å². The Labute approximate surface area is 168 Å². The average molecular weight is 403 g/mol. The molecule has 1 aromatic heterocycles. The van der Waals surface area contributed by atoms with Crippen molar-refractivity contribution in [1.29, 1.82) is 0 Å². The highest BCUT2D eigenvalue weighted by Crippen LogP contribution is 2.43. The van der Waals surface area contributed by atoms with Crippen molar-refractivity contribution in [1.82, 2.24) is 9.78 Å². The number of hydrogen-bond acceptors (Lipinski definition) is 3. The van der Waals surface area contributed by atoms with Crippen molar-refractivity contribution in [3.63, 3.8) is 0 Å². The van der Waals surface area contributed by atoms with Crippen LogP contribution < -0.4 is 4.74 Å². The summed E-state index contributed by atoms with van der Waals surface area (Å²) in [4.78, 5) is 0. The van der Waals surface area contributed by atoms with E-state index in [1.54, 1.807) is 0 Å². The molecular formula is C21H20Cl2N2O2. The fraction of sp³-hybridized carbons (Fsp3) is 0.286. The molecular weight excluding hydrogens is 383 g/mol. The lowest BCUT2D eigenvalue weighted by molar-refractivity contribution is -0.0927. The standard InChI is InChI=1S/C21H20Cl2N2O2/c1-3-26-19-12-18(14-4-6-15(22)7-5-14)20-13(2)24-25(21(20)27-19)17-10-8-16(23)9-11-17/h4-11,18-19H,3,12H2,1-2H3/t18-,19+/m1/s1. The first kappa shape index (κ1) is 18.4. The number of rotatable bonds is 4. The van der Waals surface area contributed by atoms with Crippen LogP contribution in [0.4, 0.5) is 0 Å². The van der Waals surface area contributed by atoms with Crippen molar-refractivity contribution < 1.29 is 9.47 Å². The number of nitrogens with zero attached hydrogens (tertiary/aromatic N) is 2. The molecule has 0 spiro atoms. The lowest BCUT2D eigenvalue weighted by Gasteiger charge is -2.31. The molecule has 4 rings (SSSR count). The molecule has 1 aliphatic heterocycles. The number of ether oxygens (including phenoxy) is 2. The van der Waals surface area contributed by atoms with Gasteiger partial charge in [0.2, 0.25) is 12.2 Å². The summed E-state index contributed by atoms with van der Waals surface area (Å²) in [7, 11) is 0. The Morgan fingerprint density at radius 1 is 1.07 bits per heavy atom. The van der Waals surface area contributed by atoms with Gasteiger partial charge < -0.3 is 9.47 Å². The third kappa shape index (κ3) is 3.57. The van der Waals surface area contributed by atoms with Crippen LogP contribution in [-0.2, 0) is 4.74 Å². The van der Waals surface area contributed by atoms with Crippen LogP contribution in [0.2, 0.25) is 10.0 Å². The van der Waals surface area contributed by atoms with E-state index in [9.17, 15) is 0 Å². The van der Waals surface area contributed by atoms with Crippen LogP contribution in [0, 0.1) is 6.92 Å². The lowest BCUT2D eigenvalue weighted by atomic mass is 9.87. The smallest absolute Gasteiger partial charge is 0.223 e. The number of fused-ring (bicyclic) bond motifs is 1. The van der Waals surface area contributed by atoms with Crippen LogP contribution in [0.1, 0.15) is 36.1 Å². The van der Waals surface area contributed by atoms with Gasteiger partial charge in [-0.3, -0.25) is 0 Å². The molecule has 2 aromatic carbocycles. The molecule has 27 heavy (non-hydrogen) atoms. The fourth-order valence-corrected chi connectivity index (χ4v) is 3.81. The van der Waals surface area contributed by atoms with E-state index in [0.717, 1.165) is 34.3 Å². The second-order valence-electron chi connectivity index (χ2n) is 6.54. The van der Waals surface area contributed by atoms with Gasteiger partial charge >= 0.3 is 0 Å². The number of halogens is 2. The van der Waals surface area contributed by atoms with Crippen LogP contribution in [0.3, 0.4) is 0 Å². The maximum atomic E-state index is 6.20. The Morgan fingerprint density at radius 2 is 1.70 bits per heavy atom. The molecule has 0 amide bonds. The Kier molecular flexibility index (Phi) is 5.13. The van der Waals surface area contributed by atoms with Gasteiger partial charge in [-0.1, -0.05) is 35.3 Å². The van der Waals surface area contributed by atoms with E-state index in [0.29, 0.717) is 11.6 Å². The minimum atomic E-state index is -0.328. The van der Waals surface area contributed by atoms with Crippen molar-refractivity contribution in [2.75, 3.05) is 6.61 Å². The molecule has 140 valence electrons. The van der Waals surface area contributed by atoms with Gasteiger partial charge in [-0.15, -0.1) is 0 Å². The van der Waals surface area contributed by atoms with Gasteiger partial charge in [0.15, 0.2) is 0 Å². The monoisotopic (exact) mass is 402 g/mol. The quantitative estimate of drug-likeness (QED) is 0.555. The van der Waals surface area contributed by atoms with E-state index >= 15 is 0 Å². The Balaban J connectivity index is 1.83. The zero-order valence-corrected chi connectivity index (χ0v) is 16.7. The van der Waals surface area contributed by atoms with Crippen LogP contribution >= 0.6 is 23.2 Å². The van der Waals surface area contributed by atoms with E-state index in [1.807, 2.05) is 54.9 Å². The van der Waals surface area contributed by atoms with Gasteiger partial charge in [-0.05, 0) is 55.8 Å². The van der Waals surface area contributed by atoms with Crippen molar-refractivity contribution in [2.24, 2.45) is 0 Å². The van der Waals surface area contributed by atoms with E-state index in [-0.39, 0.29) is 12.2 Å². The minimum absolute atomic E-state index is 0.128. The molecule has 6 heteroatoms. The molecule has 0 bridgehead atoms. The first-order chi connectivity index (χ1) is 13.1. The van der Waals surface area contributed by atoms with Crippen LogP contribution in [0.15, 0.2) is 48.5 Å². The highest BCUT2D eigenvalue weighted by Gasteiger charge is 2.35. The molecule has 0 N–H and O–H groups in total. The highest BCUT2D eigenvalue weighted by molar-refractivity contribution is 6.30. The normalized spacial score (nSPS) is 18.8. The fourth-order valence-electron chi connectivity index (χ4n) is 3.56. The van der Waals surface area contributed by atoms with Gasteiger partial charge in [0.05, 0.1) is 11.4 Å². The maximum Gasteiger partial charge on any atom is 0.223 e. The second-order valence-corrected chi connectivity index (χ2v) is 7.41. The third-order valence-electron chi connectivity index (χ3n) is 4.78. The summed E-state index contributed by atoms with van der Waals surface area (Å²) >= 11 is 12.1. The van der Waals surface area contributed by atoms with Crippen molar-refractivity contribution in [2.45, 2.75) is 32.5 Å². The van der Waals surface area contributed by atoms with Gasteiger partial charge in [0, 0.05) is 34.6 Å². The largest absolute Gasteiger partial charge is 0.447 e. The summed E-state index contributed by atoms with van der Waals surface area (Å²) in [6, 6.07) is 15.5. The Morgan fingerprint density at radius 3 is 2.33 bits per heavy atom. The first-order valence-corrected chi connectivity index (χ1v) is 9.71. The molecule has 0 fully saturated rings. The SMILES string of the molecule is CCO[C@@H]1C[C@H](c2ccc(Cl)cc2)c2c(C)nn(-c3ccc(Cl)cc3)c2O1. The maximum absolute atomic E-state index is 6.20. The molecule has 4 nitrogen and oxygen atoms in total. The van der Waals surface area contributed by atoms with Crippen LogP contribution in [0.25, 0.3) is 5.69 Å². The van der Waals surface area contributed by atoms with E-state index < -0.39 is 0 Å². The predicted molar refractivity (Wildman–Crippen MR) is 107 cm³/mol. The van der Waals surface area contributed by atoms with Gasteiger partial charge in [0.25, 0.3) is 0 Å². The van der Waals surface area contributed by atoms with E-state index in [4.69, 9.17) is 37.8 Å². The molecule has 0 radical (unpaired) electrons. The van der Waals surface area contributed by atoms with Gasteiger partial charge in [-0.25, -0.2) is 4.68 Å². The summed E-state index contributed by atoms with van der Waals surface area (Å²) in [6.07, 6.45) is 0.403. The molecule has 1 aliphatic rings. The summed E-state index contributed by atoms with van der Waals surface area (Å²) in [6.45, 7) is 4.57. The van der Waals surface area contributed by atoms with E-state index in [2.05, 4.69) is 12.1 Å². The highest BCUT2D eigenvalue weighted by atomic mass is 35.5. The van der Waals surface area contributed by atoms with E-state index in [1.165, 1.54) is 5.56 Å². The Hall–Kier alpha value is -2.01. The minimum Gasteiger partial charge on any atom is -0.447 e. The van der Waals surface area contributed by atoms with Gasteiger partial charge in [-0.2, -0.15) is 5.10 Å². The molecule has 3 aromatic rings. The number of benzene rings is 2. The van der Waals surface area contributed by atoms with Crippen LogP contribution in [-0.4, -0.2) is 22.7 Å². The van der Waals surface area contributed by atoms with Crippen LogP contribution in [0.5, 0.6) is 5.88 Å². The zero-order valence-electron chi connectivity index (χ0n) is 15.2. The zero-order chi connectivity index (χ0) is 19.0. The third-order valence-corrected chi connectivity index (χ3v) is 5.28. The van der Waals surface area contributed by atoms with Crippen molar-refractivity contribution >= 4 is 23.2 Å².